The molecule has 0 nitrogen and oxygen atoms in total. The van der Waals surface area contributed by atoms with E-state index in [0.717, 1.165) is 0 Å². The second-order valence-electron chi connectivity index (χ2n) is 8.98. The van der Waals surface area contributed by atoms with Crippen LogP contribution in [0.4, 0.5) is 0 Å². The molecule has 0 saturated carbocycles. The van der Waals surface area contributed by atoms with Crippen LogP contribution in [0, 0.1) is 10.4 Å². The van der Waals surface area contributed by atoms with Crippen molar-refractivity contribution in [3.63, 3.8) is 0 Å². The highest BCUT2D eigenvalue weighted by atomic mass is 14.2. The predicted molar refractivity (Wildman–Crippen MR) is 135 cm³/mol. The van der Waals surface area contributed by atoms with Crippen molar-refractivity contribution < 1.29 is 0 Å². The van der Waals surface area contributed by atoms with Crippen LogP contribution in [0.5, 0.6) is 0 Å². The summed E-state index contributed by atoms with van der Waals surface area (Å²) >= 11 is 0. The van der Waals surface area contributed by atoms with Gasteiger partial charge in [-0.3, -0.25) is 0 Å². The quantitative estimate of drug-likeness (QED) is 0.258. The van der Waals surface area contributed by atoms with Crippen molar-refractivity contribution in [2.24, 2.45) is 0 Å². The van der Waals surface area contributed by atoms with Crippen LogP contribution in [-0.4, -0.2) is 0 Å². The van der Waals surface area contributed by atoms with Gasteiger partial charge in [0, 0.05) is 0 Å². The van der Waals surface area contributed by atoms with Gasteiger partial charge in [0.05, 0.1) is 0 Å². The smallest absolute Gasteiger partial charge is 0.00197 e. The van der Waals surface area contributed by atoms with Gasteiger partial charge in [0.1, 0.15) is 0 Å². The Morgan fingerprint density at radius 3 is 2.03 bits per heavy atom. The van der Waals surface area contributed by atoms with E-state index >= 15 is 0 Å². The molecule has 0 atom stereocenters. The Kier molecular flexibility index (Phi) is 2.97. The third-order valence-electron chi connectivity index (χ3n) is 7.27. The molecule has 0 amide bonds. The molecule has 0 aromatic heterocycles. The van der Waals surface area contributed by atoms with Crippen molar-refractivity contribution in [3.8, 4) is 11.1 Å². The van der Waals surface area contributed by atoms with Crippen molar-refractivity contribution in [3.05, 3.63) is 129 Å². The molecule has 6 aromatic rings. The fraction of sp³-hybridized carbons (Fsp3) is 0. The van der Waals surface area contributed by atoms with E-state index in [1.165, 1.54) is 75.4 Å². The van der Waals surface area contributed by atoms with Crippen molar-refractivity contribution in [1.82, 2.24) is 0 Å². The summed E-state index contributed by atoms with van der Waals surface area (Å²) in [5.41, 5.74) is 5.43. The van der Waals surface area contributed by atoms with Gasteiger partial charge in [0.25, 0.3) is 0 Å². The Morgan fingerprint density at radius 1 is 0.500 bits per heavy atom. The molecule has 0 saturated heterocycles. The molecule has 0 spiro atoms. The van der Waals surface area contributed by atoms with Crippen molar-refractivity contribution in [1.29, 1.82) is 0 Å². The lowest BCUT2D eigenvalue weighted by atomic mass is 9.92. The molecule has 0 aliphatic heterocycles. The fourth-order valence-electron chi connectivity index (χ4n) is 5.86. The lowest BCUT2D eigenvalue weighted by Crippen LogP contribution is -2.06. The van der Waals surface area contributed by atoms with Crippen LogP contribution in [0.3, 0.4) is 0 Å². The Bertz CT molecular complexity index is 2020. The van der Waals surface area contributed by atoms with Crippen LogP contribution in [0.15, 0.2) is 97.1 Å². The topological polar surface area (TPSA) is 0 Å². The molecule has 0 unspecified atom stereocenters. The molecule has 2 aliphatic carbocycles. The van der Waals surface area contributed by atoms with Gasteiger partial charge in [-0.05, 0) is 112 Å². The molecule has 2 aliphatic rings. The minimum Gasteiger partial charge on any atom is -0.0616 e. The van der Waals surface area contributed by atoms with E-state index in [1.807, 2.05) is 0 Å². The second kappa shape index (κ2) is 5.75. The predicted octanol–water partition coefficient (Wildman–Crippen LogP) is 6.38. The van der Waals surface area contributed by atoms with Crippen molar-refractivity contribution in [2.45, 2.75) is 0 Å². The summed E-state index contributed by atoms with van der Waals surface area (Å²) in [7, 11) is 0. The van der Waals surface area contributed by atoms with Gasteiger partial charge in [-0.25, -0.2) is 0 Å². The van der Waals surface area contributed by atoms with Crippen LogP contribution in [0.1, 0.15) is 11.1 Å². The zero-order valence-electron chi connectivity index (χ0n) is 17.4. The number of fused-ring (bicyclic) bond motifs is 11. The maximum Gasteiger partial charge on any atom is -0.00197 e. The zero-order valence-corrected chi connectivity index (χ0v) is 17.4. The van der Waals surface area contributed by atoms with Gasteiger partial charge in [-0.1, -0.05) is 72.8 Å². The standard InChI is InChI=1S/C32H18/c1-2-8-20-14-24-18-29-27(17-23(24)13-19(20)7-1)28-15-21-9-3-5-11-25(21)31(28)30-16-22-10-4-6-12-26(22)32(29)30/h1-18H. The Balaban J connectivity index is 1.68. The average Bonchev–Trinajstić information content (AvgIpc) is 3.40. The molecule has 0 bridgehead atoms. The first kappa shape index (κ1) is 16.5. The Morgan fingerprint density at radius 2 is 1.19 bits per heavy atom. The zero-order chi connectivity index (χ0) is 20.8. The lowest BCUT2D eigenvalue weighted by molar-refractivity contribution is 1.50. The highest BCUT2D eigenvalue weighted by molar-refractivity contribution is 6.08. The van der Waals surface area contributed by atoms with E-state index in [2.05, 4.69) is 109 Å². The summed E-state index contributed by atoms with van der Waals surface area (Å²) in [5.74, 6) is 0. The van der Waals surface area contributed by atoms with E-state index in [-0.39, 0.29) is 0 Å². The molecule has 146 valence electrons. The van der Waals surface area contributed by atoms with Gasteiger partial charge >= 0.3 is 0 Å². The highest BCUT2D eigenvalue weighted by Gasteiger charge is 2.21. The molecular weight excluding hydrogens is 384 g/mol. The highest BCUT2D eigenvalue weighted by Crippen LogP contribution is 2.36. The third-order valence-corrected chi connectivity index (χ3v) is 7.27. The molecule has 0 heterocycles. The van der Waals surface area contributed by atoms with Gasteiger partial charge in [-0.2, -0.15) is 0 Å². The normalized spacial score (nSPS) is 12.9. The number of benzene rings is 6. The van der Waals surface area contributed by atoms with Gasteiger partial charge < -0.3 is 0 Å². The van der Waals surface area contributed by atoms with E-state index < -0.39 is 0 Å². The van der Waals surface area contributed by atoms with E-state index in [4.69, 9.17) is 0 Å². The summed E-state index contributed by atoms with van der Waals surface area (Å²) in [6.45, 7) is 0. The molecule has 32 heavy (non-hydrogen) atoms. The Labute approximate surface area is 184 Å². The van der Waals surface area contributed by atoms with Crippen LogP contribution < -0.4 is 10.4 Å². The fourth-order valence-corrected chi connectivity index (χ4v) is 5.86. The van der Waals surface area contributed by atoms with Crippen LogP contribution in [-0.2, 0) is 0 Å². The first-order valence-corrected chi connectivity index (χ1v) is 11.2. The maximum atomic E-state index is 2.42. The summed E-state index contributed by atoms with van der Waals surface area (Å²) in [5, 5.41) is 13.3. The summed E-state index contributed by atoms with van der Waals surface area (Å²) in [6, 6.07) is 35.8. The van der Waals surface area contributed by atoms with E-state index in [0.29, 0.717) is 0 Å². The lowest BCUT2D eigenvalue weighted by Gasteiger charge is -2.11. The number of rotatable bonds is 0. The van der Waals surface area contributed by atoms with Gasteiger partial charge in [0.2, 0.25) is 0 Å². The van der Waals surface area contributed by atoms with E-state index in [9.17, 15) is 0 Å². The monoisotopic (exact) mass is 402 g/mol. The minimum atomic E-state index is 1.29. The first-order valence-electron chi connectivity index (χ1n) is 11.2. The molecule has 0 fully saturated rings. The molecule has 0 radical (unpaired) electrons. The number of hydrogen-bond donors (Lipinski definition) is 0. The summed E-state index contributed by atoms with van der Waals surface area (Å²) < 4.78 is 0. The summed E-state index contributed by atoms with van der Waals surface area (Å²) in [6.07, 6.45) is 4.78. The second-order valence-corrected chi connectivity index (χ2v) is 8.98. The van der Waals surface area contributed by atoms with Crippen LogP contribution >= 0.6 is 0 Å². The van der Waals surface area contributed by atoms with Gasteiger partial charge in [-0.15, -0.1) is 0 Å². The Hall–Kier alpha value is -4.16. The third kappa shape index (κ3) is 2.02. The molecule has 0 N–H and O–H groups in total. The first-order chi connectivity index (χ1) is 15.8. The molecular formula is C32H18. The van der Waals surface area contributed by atoms with Gasteiger partial charge in [0.15, 0.2) is 0 Å². The maximum absolute atomic E-state index is 2.42. The molecule has 0 heteroatoms. The average molecular weight is 402 g/mol. The van der Waals surface area contributed by atoms with Crippen molar-refractivity contribution >= 4 is 44.5 Å². The van der Waals surface area contributed by atoms with Crippen LogP contribution in [0.2, 0.25) is 0 Å². The summed E-state index contributed by atoms with van der Waals surface area (Å²) in [4.78, 5) is 0. The van der Waals surface area contributed by atoms with E-state index in [1.54, 1.807) is 0 Å². The molecule has 8 rings (SSSR count). The number of hydrogen-bond acceptors (Lipinski definition) is 0. The molecule has 6 aromatic carbocycles. The van der Waals surface area contributed by atoms with Crippen molar-refractivity contribution in [2.75, 3.05) is 0 Å². The minimum absolute atomic E-state index is 1.29. The largest absolute Gasteiger partial charge is 0.0616 e. The van der Waals surface area contributed by atoms with Crippen LogP contribution in [0.25, 0.3) is 55.6 Å². The SMILES string of the molecule is C1=c2ccccc2=c2c1c1c(c3cc4cc5ccccc5cc4cc23)=Cc2ccccc2-1.